The largest absolute Gasteiger partial charge is 0.481 e. The number of rotatable bonds is 6. The van der Waals surface area contributed by atoms with E-state index in [4.69, 9.17) is 5.11 Å². The molecule has 1 fully saturated rings. The van der Waals surface area contributed by atoms with Gasteiger partial charge in [0.25, 0.3) is 0 Å². The summed E-state index contributed by atoms with van der Waals surface area (Å²) in [5, 5.41) is 8.89. The molecule has 2 heterocycles. The van der Waals surface area contributed by atoms with E-state index in [0.717, 1.165) is 45.4 Å². The van der Waals surface area contributed by atoms with Crippen molar-refractivity contribution in [2.24, 2.45) is 5.92 Å². The molecule has 0 bridgehead atoms. The van der Waals surface area contributed by atoms with E-state index in [1.165, 1.54) is 5.69 Å². The number of carbonyl (C=O) groups is 1. The van der Waals surface area contributed by atoms with Crippen LogP contribution in [0.15, 0.2) is 12.5 Å². The van der Waals surface area contributed by atoms with Gasteiger partial charge in [0.1, 0.15) is 0 Å². The molecule has 1 atom stereocenters. The summed E-state index contributed by atoms with van der Waals surface area (Å²) < 4.78 is 2.20. The number of likely N-dealkylation sites (tertiary alicyclic amines) is 1. The molecule has 0 aromatic carbocycles. The van der Waals surface area contributed by atoms with E-state index in [0.29, 0.717) is 12.3 Å². The first-order valence-electron chi connectivity index (χ1n) is 7.12. The number of imidazole rings is 1. The topological polar surface area (TPSA) is 58.4 Å². The number of nitrogens with zero attached hydrogens (tertiary/aromatic N) is 3. The lowest BCUT2D eigenvalue weighted by Gasteiger charge is -2.32. The first-order chi connectivity index (χ1) is 9.19. The SMILES string of the molecule is CCCn1cncc1CN1CCCC(CC(=O)O)C1. The molecule has 0 radical (unpaired) electrons. The second-order valence-corrected chi connectivity index (χ2v) is 5.42. The fraction of sp³-hybridized carbons (Fsp3) is 0.714. The summed E-state index contributed by atoms with van der Waals surface area (Å²) in [5.41, 5.74) is 1.23. The Labute approximate surface area is 114 Å². The van der Waals surface area contributed by atoms with Gasteiger partial charge >= 0.3 is 5.97 Å². The van der Waals surface area contributed by atoms with E-state index in [-0.39, 0.29) is 0 Å². The highest BCUT2D eigenvalue weighted by Crippen LogP contribution is 2.21. The van der Waals surface area contributed by atoms with Crippen LogP contribution in [0.3, 0.4) is 0 Å². The monoisotopic (exact) mass is 265 g/mol. The third-order valence-electron chi connectivity index (χ3n) is 3.72. The van der Waals surface area contributed by atoms with Crippen LogP contribution in [0.2, 0.25) is 0 Å². The average Bonchev–Trinajstić information content (AvgIpc) is 2.77. The second kappa shape index (κ2) is 6.70. The molecular formula is C14H23N3O2. The number of hydrogen-bond donors (Lipinski definition) is 1. The van der Waals surface area contributed by atoms with Crippen molar-refractivity contribution in [3.8, 4) is 0 Å². The van der Waals surface area contributed by atoms with Crippen LogP contribution >= 0.6 is 0 Å². The highest BCUT2D eigenvalue weighted by Gasteiger charge is 2.22. The van der Waals surface area contributed by atoms with Crippen LogP contribution in [0, 0.1) is 5.92 Å². The Morgan fingerprint density at radius 1 is 1.58 bits per heavy atom. The molecule has 1 unspecified atom stereocenters. The number of aromatic nitrogens is 2. The summed E-state index contributed by atoms with van der Waals surface area (Å²) in [6.45, 7) is 6.00. The number of aryl methyl sites for hydroxylation is 1. The molecule has 1 aromatic rings. The Hall–Kier alpha value is -1.36. The normalized spacial score (nSPS) is 20.6. The maximum absolute atomic E-state index is 10.8. The first-order valence-corrected chi connectivity index (χ1v) is 7.12. The highest BCUT2D eigenvalue weighted by molar-refractivity contribution is 5.67. The molecule has 5 heteroatoms. The van der Waals surface area contributed by atoms with Gasteiger partial charge in [-0.2, -0.15) is 0 Å². The maximum atomic E-state index is 10.8. The van der Waals surface area contributed by atoms with E-state index in [1.54, 1.807) is 0 Å². The van der Waals surface area contributed by atoms with E-state index >= 15 is 0 Å². The average molecular weight is 265 g/mol. The maximum Gasteiger partial charge on any atom is 0.303 e. The minimum Gasteiger partial charge on any atom is -0.481 e. The predicted octanol–water partition coefficient (Wildman–Crippen LogP) is 1.98. The fourth-order valence-electron chi connectivity index (χ4n) is 2.86. The zero-order valence-corrected chi connectivity index (χ0v) is 11.6. The predicted molar refractivity (Wildman–Crippen MR) is 72.8 cm³/mol. The van der Waals surface area contributed by atoms with Crippen LogP contribution in [0.25, 0.3) is 0 Å². The van der Waals surface area contributed by atoms with Gasteiger partial charge in [0.15, 0.2) is 0 Å². The molecule has 1 N–H and O–H groups in total. The van der Waals surface area contributed by atoms with Gasteiger partial charge in [0.2, 0.25) is 0 Å². The molecule has 1 aliphatic rings. The molecule has 2 rings (SSSR count). The third kappa shape index (κ3) is 4.06. The van der Waals surface area contributed by atoms with E-state index in [9.17, 15) is 4.79 Å². The van der Waals surface area contributed by atoms with Gasteiger partial charge in [-0.15, -0.1) is 0 Å². The van der Waals surface area contributed by atoms with Crippen molar-refractivity contribution >= 4 is 5.97 Å². The zero-order valence-electron chi connectivity index (χ0n) is 11.6. The summed E-state index contributed by atoms with van der Waals surface area (Å²) in [4.78, 5) is 17.4. The lowest BCUT2D eigenvalue weighted by Crippen LogP contribution is -2.36. The van der Waals surface area contributed by atoms with Crippen molar-refractivity contribution in [3.05, 3.63) is 18.2 Å². The van der Waals surface area contributed by atoms with Crippen LogP contribution < -0.4 is 0 Å². The number of carboxylic acid groups (broad SMARTS) is 1. The quantitative estimate of drug-likeness (QED) is 0.854. The number of carboxylic acids is 1. The summed E-state index contributed by atoms with van der Waals surface area (Å²) >= 11 is 0. The summed E-state index contributed by atoms with van der Waals surface area (Å²) in [7, 11) is 0. The van der Waals surface area contributed by atoms with Crippen molar-refractivity contribution < 1.29 is 9.90 Å². The Morgan fingerprint density at radius 2 is 2.42 bits per heavy atom. The van der Waals surface area contributed by atoms with Gasteiger partial charge in [0, 0.05) is 32.3 Å². The molecule has 1 aromatic heterocycles. The number of piperidine rings is 1. The van der Waals surface area contributed by atoms with Crippen molar-refractivity contribution in [3.63, 3.8) is 0 Å². The van der Waals surface area contributed by atoms with Gasteiger partial charge in [-0.05, 0) is 31.7 Å². The molecular weight excluding hydrogens is 242 g/mol. The molecule has 19 heavy (non-hydrogen) atoms. The Morgan fingerprint density at radius 3 is 3.16 bits per heavy atom. The number of hydrogen-bond acceptors (Lipinski definition) is 3. The Bertz CT molecular complexity index is 417. The van der Waals surface area contributed by atoms with Gasteiger partial charge in [-0.3, -0.25) is 9.69 Å². The Kier molecular flexibility index (Phi) is 4.96. The molecule has 0 aliphatic carbocycles. The molecule has 1 saturated heterocycles. The van der Waals surface area contributed by atoms with E-state index in [2.05, 4.69) is 21.4 Å². The second-order valence-electron chi connectivity index (χ2n) is 5.42. The van der Waals surface area contributed by atoms with Crippen LogP contribution in [0.4, 0.5) is 0 Å². The zero-order chi connectivity index (χ0) is 13.7. The van der Waals surface area contributed by atoms with Crippen molar-refractivity contribution in [1.29, 1.82) is 0 Å². The van der Waals surface area contributed by atoms with Gasteiger partial charge in [0.05, 0.1) is 12.0 Å². The third-order valence-corrected chi connectivity index (χ3v) is 3.72. The smallest absolute Gasteiger partial charge is 0.303 e. The molecule has 106 valence electrons. The Balaban J connectivity index is 1.91. The minimum absolute atomic E-state index is 0.296. The van der Waals surface area contributed by atoms with Gasteiger partial charge in [-0.25, -0.2) is 4.98 Å². The number of aliphatic carboxylic acids is 1. The molecule has 0 spiro atoms. The van der Waals surface area contributed by atoms with Gasteiger partial charge < -0.3 is 9.67 Å². The lowest BCUT2D eigenvalue weighted by molar-refractivity contribution is -0.138. The summed E-state index contributed by atoms with van der Waals surface area (Å²) in [6, 6.07) is 0. The van der Waals surface area contributed by atoms with Crippen LogP contribution in [-0.4, -0.2) is 38.6 Å². The molecule has 0 amide bonds. The first kappa shape index (κ1) is 14.1. The highest BCUT2D eigenvalue weighted by atomic mass is 16.4. The molecule has 0 saturated carbocycles. The van der Waals surface area contributed by atoms with Crippen molar-refractivity contribution in [2.75, 3.05) is 13.1 Å². The van der Waals surface area contributed by atoms with Gasteiger partial charge in [-0.1, -0.05) is 6.92 Å². The summed E-state index contributed by atoms with van der Waals surface area (Å²) in [5.74, 6) is -0.378. The van der Waals surface area contributed by atoms with Crippen LogP contribution in [0.5, 0.6) is 0 Å². The standard InChI is InChI=1S/C14H23N3O2/c1-2-5-17-11-15-8-13(17)10-16-6-3-4-12(9-16)7-14(18)19/h8,11-12H,2-7,9-10H2,1H3,(H,18,19). The fourth-order valence-corrected chi connectivity index (χ4v) is 2.86. The minimum atomic E-state index is -0.678. The van der Waals surface area contributed by atoms with Crippen LogP contribution in [-0.2, 0) is 17.9 Å². The molecule has 1 aliphatic heterocycles. The van der Waals surface area contributed by atoms with Crippen LogP contribution in [0.1, 0.15) is 38.3 Å². The van der Waals surface area contributed by atoms with E-state index in [1.807, 2.05) is 12.5 Å². The van der Waals surface area contributed by atoms with E-state index < -0.39 is 5.97 Å². The lowest BCUT2D eigenvalue weighted by atomic mass is 9.95. The van der Waals surface area contributed by atoms with Crippen molar-refractivity contribution in [2.45, 2.75) is 45.7 Å². The van der Waals surface area contributed by atoms with Crippen molar-refractivity contribution in [1.82, 2.24) is 14.5 Å². The molecule has 5 nitrogen and oxygen atoms in total. The summed E-state index contributed by atoms with van der Waals surface area (Å²) in [6.07, 6.45) is 7.35.